The molecule has 0 radical (unpaired) electrons. The minimum Gasteiger partial charge on any atom is -0.548 e. The fraction of sp³-hybridized carbons (Fsp3) is 0.308. The van der Waals surface area contributed by atoms with Gasteiger partial charge in [-0.25, -0.2) is 0 Å². The number of nitro benzene ring substituents is 1. The Labute approximate surface area is 129 Å². The monoisotopic (exact) mass is 323 g/mol. The summed E-state index contributed by atoms with van der Waals surface area (Å²) in [5, 5.41) is 22.0. The molecular formula is C13H11N2O6S-. The Morgan fingerprint density at radius 1 is 1.32 bits per heavy atom. The third-order valence-electron chi connectivity index (χ3n) is 3.29. The first-order valence-electron chi connectivity index (χ1n) is 6.24. The molecular weight excluding hydrogens is 312 g/mol. The van der Waals surface area contributed by atoms with E-state index in [4.69, 9.17) is 0 Å². The number of hydrogen-bond donors (Lipinski definition) is 0. The van der Waals surface area contributed by atoms with Crippen molar-refractivity contribution in [2.75, 3.05) is 12.0 Å². The van der Waals surface area contributed by atoms with Gasteiger partial charge in [0.15, 0.2) is 0 Å². The molecule has 2 amide bonds. The predicted molar refractivity (Wildman–Crippen MR) is 75.4 cm³/mol. The van der Waals surface area contributed by atoms with Gasteiger partial charge in [-0.3, -0.25) is 24.6 Å². The van der Waals surface area contributed by atoms with Crippen molar-refractivity contribution in [1.82, 2.24) is 4.90 Å². The molecule has 0 aliphatic carbocycles. The highest BCUT2D eigenvalue weighted by Gasteiger charge is 2.41. The number of carboxylic acids is 1. The molecule has 22 heavy (non-hydrogen) atoms. The molecule has 0 saturated heterocycles. The smallest absolute Gasteiger partial charge is 0.270 e. The van der Waals surface area contributed by atoms with Crippen LogP contribution in [0.5, 0.6) is 0 Å². The van der Waals surface area contributed by atoms with E-state index in [0.29, 0.717) is 10.7 Å². The zero-order valence-electron chi connectivity index (χ0n) is 11.5. The molecule has 0 saturated carbocycles. The lowest BCUT2D eigenvalue weighted by atomic mass is 10.1. The van der Waals surface area contributed by atoms with Gasteiger partial charge in [0.05, 0.1) is 28.1 Å². The van der Waals surface area contributed by atoms with Crippen molar-refractivity contribution >= 4 is 35.2 Å². The maximum absolute atomic E-state index is 12.3. The Kier molecular flexibility index (Phi) is 4.45. The van der Waals surface area contributed by atoms with Gasteiger partial charge in [0.1, 0.15) is 0 Å². The van der Waals surface area contributed by atoms with E-state index in [-0.39, 0.29) is 23.2 Å². The van der Waals surface area contributed by atoms with E-state index in [1.54, 1.807) is 6.26 Å². The second-order valence-corrected chi connectivity index (χ2v) is 5.57. The van der Waals surface area contributed by atoms with Crippen LogP contribution in [-0.4, -0.2) is 45.7 Å². The summed E-state index contributed by atoms with van der Waals surface area (Å²) < 4.78 is 0. The van der Waals surface area contributed by atoms with Crippen molar-refractivity contribution in [2.45, 2.75) is 12.5 Å². The second kappa shape index (κ2) is 6.14. The van der Waals surface area contributed by atoms with E-state index in [1.807, 2.05) is 0 Å². The van der Waals surface area contributed by atoms with Crippen molar-refractivity contribution in [2.24, 2.45) is 0 Å². The van der Waals surface area contributed by atoms with Crippen molar-refractivity contribution in [3.05, 3.63) is 39.4 Å². The molecule has 1 aromatic carbocycles. The Morgan fingerprint density at radius 3 is 2.50 bits per heavy atom. The average Bonchev–Trinajstić information content (AvgIpc) is 2.72. The van der Waals surface area contributed by atoms with Crippen LogP contribution in [0.4, 0.5) is 5.69 Å². The molecule has 8 nitrogen and oxygen atoms in total. The minimum atomic E-state index is -1.53. The van der Waals surface area contributed by atoms with E-state index >= 15 is 0 Å². The number of carbonyl (C=O) groups is 3. The molecule has 0 unspecified atom stereocenters. The topological polar surface area (TPSA) is 121 Å². The van der Waals surface area contributed by atoms with Gasteiger partial charge in [-0.15, -0.1) is 0 Å². The van der Waals surface area contributed by atoms with Crippen LogP contribution >= 0.6 is 11.8 Å². The lowest BCUT2D eigenvalue weighted by Crippen LogP contribution is -2.50. The van der Waals surface area contributed by atoms with Crippen LogP contribution in [0.25, 0.3) is 0 Å². The molecule has 1 aromatic rings. The number of nitrogens with zero attached hydrogens (tertiary/aromatic N) is 2. The number of thioether (sulfide) groups is 1. The van der Waals surface area contributed by atoms with Gasteiger partial charge >= 0.3 is 0 Å². The number of imide groups is 1. The quantitative estimate of drug-likeness (QED) is 0.412. The summed E-state index contributed by atoms with van der Waals surface area (Å²) in [5.74, 6) is -2.73. The standard InChI is InChI=1S/C13H12N2O6S/c1-22-5-4-10(13(18)19)14-11(16)8-3-2-7(15(20)21)6-9(8)12(14)17/h2-3,6,10H,4-5H2,1H3,(H,18,19)/p-1/t10-/m0/s1. The van der Waals surface area contributed by atoms with E-state index in [1.165, 1.54) is 11.8 Å². The predicted octanol–water partition coefficient (Wildman–Crippen LogP) is 0.0624. The van der Waals surface area contributed by atoms with Crippen LogP contribution in [0.2, 0.25) is 0 Å². The Bertz CT molecular complexity index is 674. The molecule has 1 heterocycles. The van der Waals surface area contributed by atoms with Crippen LogP contribution in [0.3, 0.4) is 0 Å². The summed E-state index contributed by atoms with van der Waals surface area (Å²) in [4.78, 5) is 46.4. The number of hydrogen-bond acceptors (Lipinski definition) is 7. The number of benzene rings is 1. The largest absolute Gasteiger partial charge is 0.548 e. The van der Waals surface area contributed by atoms with Gasteiger partial charge in [-0.1, -0.05) is 0 Å². The zero-order chi connectivity index (χ0) is 16.4. The number of fused-ring (bicyclic) bond motifs is 1. The number of carboxylic acid groups (broad SMARTS) is 1. The van der Waals surface area contributed by atoms with Gasteiger partial charge < -0.3 is 9.90 Å². The van der Waals surface area contributed by atoms with E-state index in [0.717, 1.165) is 18.2 Å². The third-order valence-corrected chi connectivity index (χ3v) is 3.94. The maximum atomic E-state index is 12.3. The Morgan fingerprint density at radius 2 is 1.95 bits per heavy atom. The molecule has 0 aromatic heterocycles. The van der Waals surface area contributed by atoms with Crippen molar-refractivity contribution in [3.63, 3.8) is 0 Å². The summed E-state index contributed by atoms with van der Waals surface area (Å²) in [6.45, 7) is 0. The highest BCUT2D eigenvalue weighted by atomic mass is 32.2. The fourth-order valence-electron chi connectivity index (χ4n) is 2.23. The molecule has 116 valence electrons. The summed E-state index contributed by atoms with van der Waals surface area (Å²) in [6, 6.07) is 1.85. The van der Waals surface area contributed by atoms with Gasteiger partial charge in [0.25, 0.3) is 17.5 Å². The molecule has 1 aliphatic heterocycles. The first kappa shape index (κ1) is 16.0. The average molecular weight is 323 g/mol. The molecule has 0 fully saturated rings. The van der Waals surface area contributed by atoms with Gasteiger partial charge in [0.2, 0.25) is 0 Å². The van der Waals surface area contributed by atoms with Crippen molar-refractivity contribution in [1.29, 1.82) is 0 Å². The van der Waals surface area contributed by atoms with Gasteiger partial charge in [0, 0.05) is 12.1 Å². The van der Waals surface area contributed by atoms with Crippen LogP contribution in [0, 0.1) is 10.1 Å². The number of amides is 2. The van der Waals surface area contributed by atoms with Gasteiger partial charge in [-0.05, 0) is 24.5 Å². The normalized spacial score (nSPS) is 14.9. The Balaban J connectivity index is 2.40. The molecule has 1 atom stereocenters. The van der Waals surface area contributed by atoms with Crippen LogP contribution in [0.1, 0.15) is 27.1 Å². The van der Waals surface area contributed by atoms with Crippen LogP contribution in [0.15, 0.2) is 18.2 Å². The number of aliphatic carboxylic acids is 1. The summed E-state index contributed by atoms with van der Waals surface area (Å²) in [7, 11) is 0. The summed E-state index contributed by atoms with van der Waals surface area (Å²) >= 11 is 1.37. The highest BCUT2D eigenvalue weighted by Crippen LogP contribution is 2.29. The highest BCUT2D eigenvalue weighted by molar-refractivity contribution is 7.98. The fourth-order valence-corrected chi connectivity index (χ4v) is 2.68. The second-order valence-electron chi connectivity index (χ2n) is 4.58. The molecule has 0 spiro atoms. The zero-order valence-corrected chi connectivity index (χ0v) is 12.3. The minimum absolute atomic E-state index is 0.0361. The van der Waals surface area contributed by atoms with Gasteiger partial charge in [-0.2, -0.15) is 11.8 Å². The lowest BCUT2D eigenvalue weighted by Gasteiger charge is -2.26. The molecule has 0 bridgehead atoms. The Hall–Kier alpha value is -2.42. The van der Waals surface area contributed by atoms with E-state index in [2.05, 4.69) is 0 Å². The van der Waals surface area contributed by atoms with Crippen LogP contribution < -0.4 is 5.11 Å². The first-order chi connectivity index (χ1) is 10.4. The first-order valence-corrected chi connectivity index (χ1v) is 7.64. The number of rotatable bonds is 6. The van der Waals surface area contributed by atoms with Crippen molar-refractivity contribution < 1.29 is 24.4 Å². The molecule has 2 rings (SSSR count). The van der Waals surface area contributed by atoms with E-state index in [9.17, 15) is 29.6 Å². The number of non-ortho nitro benzene ring substituents is 1. The number of nitro groups is 1. The van der Waals surface area contributed by atoms with Crippen molar-refractivity contribution in [3.8, 4) is 0 Å². The molecule has 0 N–H and O–H groups in total. The molecule has 1 aliphatic rings. The lowest BCUT2D eigenvalue weighted by molar-refractivity contribution is -0.384. The summed E-state index contributed by atoms with van der Waals surface area (Å²) in [6.07, 6.45) is 1.81. The van der Waals surface area contributed by atoms with Crippen LogP contribution in [-0.2, 0) is 4.79 Å². The number of carbonyl (C=O) groups excluding carboxylic acids is 3. The third kappa shape index (κ3) is 2.67. The maximum Gasteiger partial charge on any atom is 0.270 e. The molecule has 9 heteroatoms. The van der Waals surface area contributed by atoms with E-state index < -0.39 is 28.7 Å². The SMILES string of the molecule is CSCC[C@@H](C(=O)[O-])N1C(=O)c2ccc([N+](=O)[O-])cc2C1=O. The summed E-state index contributed by atoms with van der Waals surface area (Å²) in [5.41, 5.74) is -0.531.